The molecule has 1 saturated heterocycles. The van der Waals surface area contributed by atoms with Crippen LogP contribution in [0.3, 0.4) is 0 Å². The topological polar surface area (TPSA) is 82.1 Å². The molecule has 0 N–H and O–H groups in total. The Bertz CT molecular complexity index is 854. The molecule has 2 amide bonds. The number of halogens is 1. The summed E-state index contributed by atoms with van der Waals surface area (Å²) in [5.41, 5.74) is 0.554. The zero-order chi connectivity index (χ0) is 21.6. The van der Waals surface area contributed by atoms with E-state index in [1.807, 2.05) is 6.92 Å². The van der Waals surface area contributed by atoms with Crippen LogP contribution >= 0.6 is 23.4 Å². The number of ether oxygens (including phenoxy) is 3. The maximum Gasteiger partial charge on any atom is 0.329 e. The highest BCUT2D eigenvalue weighted by Crippen LogP contribution is 2.39. The van der Waals surface area contributed by atoms with Crippen LogP contribution in [0.15, 0.2) is 29.7 Å². The zero-order valence-electron chi connectivity index (χ0n) is 16.4. The van der Waals surface area contributed by atoms with E-state index in [4.69, 9.17) is 25.8 Å². The van der Waals surface area contributed by atoms with Gasteiger partial charge in [0.2, 0.25) is 0 Å². The van der Waals surface area contributed by atoms with Gasteiger partial charge >= 0.3 is 5.97 Å². The van der Waals surface area contributed by atoms with Gasteiger partial charge in [-0.1, -0.05) is 24.3 Å². The fourth-order valence-electron chi connectivity index (χ4n) is 2.55. The number of nitrogens with zero attached hydrogens (tertiary/aromatic N) is 1. The number of hydrogen-bond donors (Lipinski definition) is 0. The number of benzene rings is 1. The van der Waals surface area contributed by atoms with E-state index in [0.717, 1.165) is 16.7 Å². The Labute approximate surface area is 178 Å². The van der Waals surface area contributed by atoms with Gasteiger partial charge < -0.3 is 14.2 Å². The monoisotopic (exact) mass is 439 g/mol. The second kappa shape index (κ2) is 10.4. The predicted molar refractivity (Wildman–Crippen MR) is 112 cm³/mol. The summed E-state index contributed by atoms with van der Waals surface area (Å²) in [6.45, 7) is 9.33. The molecule has 29 heavy (non-hydrogen) atoms. The van der Waals surface area contributed by atoms with Gasteiger partial charge in [-0.15, -0.1) is 0 Å². The zero-order valence-corrected chi connectivity index (χ0v) is 18.0. The average Bonchev–Trinajstić information content (AvgIpc) is 2.94. The summed E-state index contributed by atoms with van der Waals surface area (Å²) < 4.78 is 16.0. The molecule has 1 aliphatic heterocycles. The summed E-state index contributed by atoms with van der Waals surface area (Å²) in [4.78, 5) is 37.9. The first kappa shape index (κ1) is 22.8. The second-order valence-electron chi connectivity index (χ2n) is 5.84. The lowest BCUT2D eigenvalue weighted by molar-refractivity contribution is -0.150. The molecule has 0 aromatic heterocycles. The van der Waals surface area contributed by atoms with Crippen molar-refractivity contribution < 1.29 is 28.6 Å². The van der Waals surface area contributed by atoms with Gasteiger partial charge in [-0.3, -0.25) is 14.5 Å². The highest BCUT2D eigenvalue weighted by molar-refractivity contribution is 8.18. The van der Waals surface area contributed by atoms with Crippen LogP contribution in [0.5, 0.6) is 11.5 Å². The average molecular weight is 440 g/mol. The molecule has 0 spiro atoms. The third-order valence-corrected chi connectivity index (χ3v) is 4.98. The Morgan fingerprint density at radius 3 is 2.62 bits per heavy atom. The van der Waals surface area contributed by atoms with Crippen LogP contribution in [0.1, 0.15) is 26.3 Å². The van der Waals surface area contributed by atoms with Crippen LogP contribution in [-0.4, -0.2) is 47.9 Å². The number of amides is 2. The number of thioether (sulfide) groups is 1. The molecule has 1 aromatic carbocycles. The van der Waals surface area contributed by atoms with Crippen molar-refractivity contribution in [3.05, 3.63) is 40.3 Å². The van der Waals surface area contributed by atoms with Crippen molar-refractivity contribution in [1.82, 2.24) is 4.90 Å². The van der Waals surface area contributed by atoms with Crippen molar-refractivity contribution in [1.29, 1.82) is 0 Å². The molecule has 1 heterocycles. The smallest absolute Gasteiger partial charge is 0.329 e. The Morgan fingerprint density at radius 1 is 1.28 bits per heavy atom. The summed E-state index contributed by atoms with van der Waals surface area (Å²) in [7, 11) is 0. The Hall–Kier alpha value is -2.45. The van der Waals surface area contributed by atoms with Gasteiger partial charge in [-0.2, -0.15) is 0 Å². The van der Waals surface area contributed by atoms with Gasteiger partial charge in [0.15, 0.2) is 11.5 Å². The van der Waals surface area contributed by atoms with Crippen LogP contribution in [0.25, 0.3) is 6.08 Å². The predicted octanol–water partition coefficient (Wildman–Crippen LogP) is 4.29. The second-order valence-corrected chi connectivity index (χ2v) is 7.24. The third kappa shape index (κ3) is 5.33. The minimum absolute atomic E-state index is 0.161. The lowest BCUT2D eigenvalue weighted by Crippen LogP contribution is -2.42. The molecule has 0 aliphatic carbocycles. The molecule has 1 fully saturated rings. The fraction of sp³-hybridized carbons (Fsp3) is 0.350. The van der Waals surface area contributed by atoms with E-state index >= 15 is 0 Å². The number of rotatable bonds is 9. The minimum atomic E-state index is -1.01. The van der Waals surface area contributed by atoms with E-state index < -0.39 is 23.2 Å². The van der Waals surface area contributed by atoms with Gasteiger partial charge in [-0.05, 0) is 56.3 Å². The number of carbonyl (C=O) groups is 3. The molecular weight excluding hydrogens is 418 g/mol. The number of hydrogen-bond acceptors (Lipinski definition) is 7. The van der Waals surface area contributed by atoms with Gasteiger partial charge in [0.1, 0.15) is 12.6 Å². The molecule has 7 nitrogen and oxygen atoms in total. The molecule has 2 rings (SSSR count). The Kier molecular flexibility index (Phi) is 8.16. The maximum absolute atomic E-state index is 12.7. The third-order valence-electron chi connectivity index (χ3n) is 3.81. The first-order valence-electron chi connectivity index (χ1n) is 8.97. The van der Waals surface area contributed by atoms with Crippen LogP contribution in [0, 0.1) is 0 Å². The largest absolute Gasteiger partial charge is 0.490 e. The van der Waals surface area contributed by atoms with E-state index in [0.29, 0.717) is 28.7 Å². The Morgan fingerprint density at radius 2 is 2.00 bits per heavy atom. The van der Waals surface area contributed by atoms with E-state index in [1.165, 1.54) is 13.0 Å². The summed E-state index contributed by atoms with van der Waals surface area (Å²) in [5, 5.41) is -0.243. The van der Waals surface area contributed by atoms with E-state index in [1.54, 1.807) is 25.1 Å². The molecule has 156 valence electrons. The fourth-order valence-corrected chi connectivity index (χ4v) is 3.73. The number of imide groups is 1. The van der Waals surface area contributed by atoms with Crippen LogP contribution in [0.4, 0.5) is 4.79 Å². The summed E-state index contributed by atoms with van der Waals surface area (Å²) in [5.74, 6) is -0.426. The van der Waals surface area contributed by atoms with Crippen LogP contribution in [-0.2, 0) is 14.3 Å². The van der Waals surface area contributed by atoms with Crippen LogP contribution < -0.4 is 9.47 Å². The first-order chi connectivity index (χ1) is 13.8. The lowest BCUT2D eigenvalue weighted by atomic mass is 10.1. The first-order valence-corrected chi connectivity index (χ1v) is 10.2. The van der Waals surface area contributed by atoms with Gasteiger partial charge in [0, 0.05) is 0 Å². The highest BCUT2D eigenvalue weighted by Gasteiger charge is 2.41. The number of carbonyl (C=O) groups excluding carboxylic acids is 3. The molecular formula is C20H22ClNO6S. The normalized spacial score (nSPS) is 16.1. The molecule has 1 atom stereocenters. The molecule has 0 saturated carbocycles. The van der Waals surface area contributed by atoms with Crippen molar-refractivity contribution in [2.75, 3.05) is 19.8 Å². The van der Waals surface area contributed by atoms with Crippen molar-refractivity contribution in [3.8, 4) is 11.5 Å². The summed E-state index contributed by atoms with van der Waals surface area (Å²) in [6, 6.07) is 2.26. The van der Waals surface area contributed by atoms with Crippen molar-refractivity contribution >= 4 is 46.6 Å². The van der Waals surface area contributed by atoms with Crippen LogP contribution in [0.2, 0.25) is 5.02 Å². The standard InChI is InChI=1S/C20H22ClNO6S/c1-5-8-28-17-14(21)9-13(10-15(17)26-6-2)11-16-18(23)22(20(25)29-16)12(4)19(24)27-7-3/h5,9-12H,1,6-8H2,2-4H3. The molecule has 9 heteroatoms. The quantitative estimate of drug-likeness (QED) is 0.322. The summed E-state index contributed by atoms with van der Waals surface area (Å²) >= 11 is 7.06. The molecule has 0 bridgehead atoms. The Balaban J connectivity index is 2.34. The van der Waals surface area contributed by atoms with Crippen molar-refractivity contribution in [2.24, 2.45) is 0 Å². The lowest BCUT2D eigenvalue weighted by Gasteiger charge is -2.19. The molecule has 1 unspecified atom stereocenters. The van der Waals surface area contributed by atoms with Crippen molar-refractivity contribution in [2.45, 2.75) is 26.8 Å². The minimum Gasteiger partial charge on any atom is -0.490 e. The SMILES string of the molecule is C=CCOc1c(Cl)cc(C=C2SC(=O)N(C(C)C(=O)OCC)C2=O)cc1OCC. The molecule has 1 aliphatic rings. The maximum atomic E-state index is 12.7. The van der Waals surface area contributed by atoms with E-state index in [-0.39, 0.29) is 18.1 Å². The van der Waals surface area contributed by atoms with E-state index in [9.17, 15) is 14.4 Å². The molecule has 1 aromatic rings. The molecule has 0 radical (unpaired) electrons. The highest BCUT2D eigenvalue weighted by atomic mass is 35.5. The van der Waals surface area contributed by atoms with Gasteiger partial charge in [0.25, 0.3) is 11.1 Å². The van der Waals surface area contributed by atoms with Gasteiger partial charge in [0.05, 0.1) is 23.1 Å². The summed E-state index contributed by atoms with van der Waals surface area (Å²) in [6.07, 6.45) is 3.11. The van der Waals surface area contributed by atoms with Gasteiger partial charge in [-0.25, -0.2) is 4.79 Å². The van der Waals surface area contributed by atoms with Crippen molar-refractivity contribution in [3.63, 3.8) is 0 Å². The van der Waals surface area contributed by atoms with E-state index in [2.05, 4.69) is 6.58 Å². The number of esters is 1.